The predicted molar refractivity (Wildman–Crippen MR) is 231 cm³/mol. The van der Waals surface area contributed by atoms with Gasteiger partial charge in [-0.1, -0.05) is 176 Å². The monoisotopic (exact) mass is 702 g/mol. The zero-order chi connectivity index (χ0) is 36.3. The summed E-state index contributed by atoms with van der Waals surface area (Å²) in [6, 6.07) is 69.3. The molecule has 0 amide bonds. The van der Waals surface area contributed by atoms with Crippen LogP contribution in [0.25, 0.3) is 70.9 Å². The van der Waals surface area contributed by atoms with Gasteiger partial charge in [-0.25, -0.2) is 9.98 Å². The lowest BCUT2D eigenvalue weighted by atomic mass is 9.99. The Morgan fingerprint density at radius 1 is 0.418 bits per heavy atom. The van der Waals surface area contributed by atoms with Gasteiger partial charge in [0.2, 0.25) is 0 Å². The summed E-state index contributed by atoms with van der Waals surface area (Å²) in [5.41, 5.74) is 8.99. The van der Waals surface area contributed by atoms with Gasteiger partial charge < -0.3 is 9.88 Å². The fraction of sp³-hybridized carbons (Fsp3) is 0.0196. The Morgan fingerprint density at radius 3 is 1.87 bits per heavy atom. The molecular formula is C51H34N4. The van der Waals surface area contributed by atoms with Gasteiger partial charge in [0.1, 0.15) is 12.0 Å². The van der Waals surface area contributed by atoms with Crippen LogP contribution in [0.1, 0.15) is 22.9 Å². The highest BCUT2D eigenvalue weighted by Gasteiger charge is 2.25. The second kappa shape index (κ2) is 12.7. The molecule has 1 atom stereocenters. The Balaban J connectivity index is 1.09. The van der Waals surface area contributed by atoms with E-state index in [0.29, 0.717) is 5.84 Å². The first-order valence-corrected chi connectivity index (χ1v) is 18.8. The van der Waals surface area contributed by atoms with Crippen molar-refractivity contribution < 1.29 is 0 Å². The van der Waals surface area contributed by atoms with E-state index in [1.807, 2.05) is 6.07 Å². The summed E-state index contributed by atoms with van der Waals surface area (Å²) in [6.07, 6.45) is -0.374. The van der Waals surface area contributed by atoms with Crippen LogP contribution in [0.2, 0.25) is 0 Å². The van der Waals surface area contributed by atoms with Gasteiger partial charge in [0, 0.05) is 38.2 Å². The zero-order valence-electron chi connectivity index (χ0n) is 29.9. The Hall–Kier alpha value is -7.30. The van der Waals surface area contributed by atoms with Crippen molar-refractivity contribution in [3.8, 4) is 16.8 Å². The highest BCUT2D eigenvalue weighted by Crippen LogP contribution is 2.40. The smallest absolute Gasteiger partial charge is 0.159 e. The molecule has 0 aliphatic carbocycles. The van der Waals surface area contributed by atoms with Crippen LogP contribution in [-0.2, 0) is 0 Å². The van der Waals surface area contributed by atoms with Crippen LogP contribution in [0, 0.1) is 0 Å². The zero-order valence-corrected chi connectivity index (χ0v) is 29.9. The minimum atomic E-state index is -0.374. The molecule has 4 nitrogen and oxygen atoms in total. The summed E-state index contributed by atoms with van der Waals surface area (Å²) in [4.78, 5) is 10.6. The Bertz CT molecular complexity index is 3170. The molecule has 1 aliphatic rings. The molecule has 1 unspecified atom stereocenters. The minimum Gasteiger partial charge on any atom is -0.344 e. The molecule has 9 aromatic carbocycles. The van der Waals surface area contributed by atoms with E-state index in [1.165, 1.54) is 49.1 Å². The molecule has 1 aromatic heterocycles. The van der Waals surface area contributed by atoms with Crippen LogP contribution < -0.4 is 5.32 Å². The molecule has 10 aromatic rings. The third kappa shape index (κ3) is 5.22. The van der Waals surface area contributed by atoms with Crippen molar-refractivity contribution in [2.75, 3.05) is 0 Å². The van der Waals surface area contributed by atoms with Gasteiger partial charge in [-0.2, -0.15) is 0 Å². The molecule has 11 rings (SSSR count). The van der Waals surface area contributed by atoms with Gasteiger partial charge in [-0.05, 0) is 50.9 Å². The number of benzene rings is 9. The maximum absolute atomic E-state index is 5.36. The highest BCUT2D eigenvalue weighted by molar-refractivity contribution is 6.19. The minimum absolute atomic E-state index is 0.374. The molecule has 0 fully saturated rings. The lowest BCUT2D eigenvalue weighted by Crippen LogP contribution is -2.33. The van der Waals surface area contributed by atoms with Gasteiger partial charge in [0.25, 0.3) is 0 Å². The number of hydrogen-bond acceptors (Lipinski definition) is 3. The quantitative estimate of drug-likeness (QED) is 0.191. The molecule has 2 heterocycles. The van der Waals surface area contributed by atoms with Crippen LogP contribution in [-0.4, -0.2) is 16.2 Å². The summed E-state index contributed by atoms with van der Waals surface area (Å²) < 4.78 is 2.46. The number of rotatable bonds is 5. The lowest BCUT2D eigenvalue weighted by molar-refractivity contribution is 0.679. The molecular weight excluding hydrogens is 669 g/mol. The molecule has 1 aliphatic heterocycles. The predicted octanol–water partition coefficient (Wildman–Crippen LogP) is 12.4. The summed E-state index contributed by atoms with van der Waals surface area (Å²) in [5, 5.41) is 13.4. The third-order valence-corrected chi connectivity index (χ3v) is 11.0. The molecule has 0 radical (unpaired) electrons. The van der Waals surface area contributed by atoms with E-state index in [0.717, 1.165) is 44.4 Å². The normalized spacial score (nSPS) is 14.4. The highest BCUT2D eigenvalue weighted by atomic mass is 15.2. The number of amidine groups is 2. The van der Waals surface area contributed by atoms with Crippen molar-refractivity contribution in [1.82, 2.24) is 9.88 Å². The average Bonchev–Trinajstić information content (AvgIpc) is 3.61. The maximum Gasteiger partial charge on any atom is 0.159 e. The summed E-state index contributed by atoms with van der Waals surface area (Å²) >= 11 is 0. The molecule has 4 heteroatoms. The van der Waals surface area contributed by atoms with Gasteiger partial charge in [-0.15, -0.1) is 0 Å². The van der Waals surface area contributed by atoms with Crippen LogP contribution >= 0.6 is 0 Å². The van der Waals surface area contributed by atoms with Crippen LogP contribution in [0.4, 0.5) is 0 Å². The van der Waals surface area contributed by atoms with E-state index in [2.05, 4.69) is 198 Å². The van der Waals surface area contributed by atoms with Gasteiger partial charge >= 0.3 is 0 Å². The molecule has 0 saturated carbocycles. The molecule has 0 saturated heterocycles. The summed E-state index contributed by atoms with van der Waals surface area (Å²) in [5.74, 6) is 1.50. The molecule has 258 valence electrons. The topological polar surface area (TPSA) is 41.7 Å². The number of para-hydroxylation sites is 1. The SMILES string of the molecule is c1ccc(-c2ccc(C3=NC(c4ccc5ccccc5c4)=NC(c4ccc(-n5c6ccccc6c6ccc7ccccc7c65)c5ccccc45)N3)cc2)cc1. The van der Waals surface area contributed by atoms with Crippen LogP contribution in [0.3, 0.4) is 0 Å². The van der Waals surface area contributed by atoms with Gasteiger partial charge in [-0.3, -0.25) is 0 Å². The molecule has 0 spiro atoms. The average molecular weight is 703 g/mol. The second-order valence-corrected chi connectivity index (χ2v) is 14.2. The van der Waals surface area contributed by atoms with E-state index < -0.39 is 0 Å². The fourth-order valence-electron chi connectivity index (χ4n) is 8.39. The summed E-state index contributed by atoms with van der Waals surface area (Å²) in [7, 11) is 0. The number of nitrogens with zero attached hydrogens (tertiary/aromatic N) is 3. The van der Waals surface area contributed by atoms with Crippen molar-refractivity contribution in [1.29, 1.82) is 0 Å². The van der Waals surface area contributed by atoms with E-state index in [-0.39, 0.29) is 6.17 Å². The Morgan fingerprint density at radius 2 is 1.04 bits per heavy atom. The van der Waals surface area contributed by atoms with E-state index in [4.69, 9.17) is 9.98 Å². The van der Waals surface area contributed by atoms with Crippen molar-refractivity contribution in [3.05, 3.63) is 211 Å². The Labute approximate surface area is 318 Å². The number of nitrogens with one attached hydrogen (secondary N) is 1. The molecule has 0 bridgehead atoms. The van der Waals surface area contributed by atoms with E-state index >= 15 is 0 Å². The first kappa shape index (κ1) is 31.2. The molecule has 55 heavy (non-hydrogen) atoms. The third-order valence-electron chi connectivity index (χ3n) is 11.0. The fourth-order valence-corrected chi connectivity index (χ4v) is 8.39. The number of hydrogen-bond donors (Lipinski definition) is 1. The lowest BCUT2D eigenvalue weighted by Gasteiger charge is -2.25. The van der Waals surface area contributed by atoms with E-state index in [9.17, 15) is 0 Å². The van der Waals surface area contributed by atoms with Crippen LogP contribution in [0.5, 0.6) is 0 Å². The first-order valence-electron chi connectivity index (χ1n) is 18.8. The number of fused-ring (bicyclic) bond motifs is 7. The second-order valence-electron chi connectivity index (χ2n) is 14.2. The number of aromatic nitrogens is 1. The van der Waals surface area contributed by atoms with Crippen LogP contribution in [0.15, 0.2) is 204 Å². The van der Waals surface area contributed by atoms with Gasteiger partial charge in [0.05, 0.1) is 16.7 Å². The largest absolute Gasteiger partial charge is 0.344 e. The molecule has 1 N–H and O–H groups in total. The standard InChI is InChI=1S/C51H34N4/c1-2-12-33(13-3-1)35-22-25-37(26-23-35)49-52-50(39-27-24-34-14-4-5-16-38(34)32-39)54-51(53-49)45-30-31-47(42-19-9-8-18-41(42)45)55-46-21-11-10-20-43(46)44-29-28-36-15-6-7-17-40(36)48(44)55/h1-32,51H,(H,52,53,54). The first-order chi connectivity index (χ1) is 27.3. The van der Waals surface area contributed by atoms with Gasteiger partial charge in [0.15, 0.2) is 5.84 Å². The maximum atomic E-state index is 5.36. The summed E-state index contributed by atoms with van der Waals surface area (Å²) in [6.45, 7) is 0. The van der Waals surface area contributed by atoms with E-state index in [1.54, 1.807) is 0 Å². The van der Waals surface area contributed by atoms with Crippen molar-refractivity contribution >= 4 is 65.8 Å². The van der Waals surface area contributed by atoms with Crippen molar-refractivity contribution in [2.45, 2.75) is 6.17 Å². The number of aliphatic imine (C=N–C) groups is 2. The van der Waals surface area contributed by atoms with Crippen molar-refractivity contribution in [2.24, 2.45) is 9.98 Å². The Kier molecular flexibility index (Phi) is 7.20. The van der Waals surface area contributed by atoms with Crippen molar-refractivity contribution in [3.63, 3.8) is 0 Å².